The minimum atomic E-state index is -0.223. The van der Waals surface area contributed by atoms with Gasteiger partial charge in [0.05, 0.1) is 17.9 Å². The SMILES string of the molecule is CN1CCN(C(c2ccc(-c3ccc(F)cc3)cc2)c2cn[nH]c2-c2cccc(Cl)c2)CC1. The fourth-order valence-corrected chi connectivity index (χ4v) is 4.74. The Bertz CT molecular complexity index is 1210. The van der Waals surface area contributed by atoms with Gasteiger partial charge < -0.3 is 4.90 Å². The molecular formula is C27H26ClFN4. The van der Waals surface area contributed by atoms with Gasteiger partial charge in [0.25, 0.3) is 0 Å². The van der Waals surface area contributed by atoms with Crippen LogP contribution in [0.15, 0.2) is 79.0 Å². The van der Waals surface area contributed by atoms with Crippen LogP contribution in [-0.4, -0.2) is 53.2 Å². The summed E-state index contributed by atoms with van der Waals surface area (Å²) in [5, 5.41) is 8.33. The molecule has 6 heteroatoms. The summed E-state index contributed by atoms with van der Waals surface area (Å²) >= 11 is 6.29. The largest absolute Gasteiger partial charge is 0.304 e. The lowest BCUT2D eigenvalue weighted by Gasteiger charge is -2.38. The van der Waals surface area contributed by atoms with Gasteiger partial charge in [-0.3, -0.25) is 10.00 Å². The Kier molecular flexibility index (Phi) is 6.27. The summed E-state index contributed by atoms with van der Waals surface area (Å²) in [6.07, 6.45) is 1.94. The first kappa shape index (κ1) is 21.8. The van der Waals surface area contributed by atoms with E-state index in [9.17, 15) is 4.39 Å². The Morgan fingerprint density at radius 1 is 0.879 bits per heavy atom. The van der Waals surface area contributed by atoms with Crippen molar-refractivity contribution in [3.63, 3.8) is 0 Å². The summed E-state index contributed by atoms with van der Waals surface area (Å²) in [5.74, 6) is -0.223. The molecule has 0 amide bonds. The van der Waals surface area contributed by atoms with Gasteiger partial charge >= 0.3 is 0 Å². The third kappa shape index (κ3) is 4.71. The van der Waals surface area contributed by atoms with Crippen molar-refractivity contribution in [2.75, 3.05) is 33.2 Å². The molecule has 1 aromatic heterocycles. The van der Waals surface area contributed by atoms with Crippen LogP contribution in [0.5, 0.6) is 0 Å². The lowest BCUT2D eigenvalue weighted by Crippen LogP contribution is -2.46. The van der Waals surface area contributed by atoms with Crippen molar-refractivity contribution in [3.05, 3.63) is 101 Å². The molecule has 1 unspecified atom stereocenters. The van der Waals surface area contributed by atoms with Gasteiger partial charge in [0.2, 0.25) is 0 Å². The van der Waals surface area contributed by atoms with E-state index in [1.807, 2.05) is 36.5 Å². The first-order valence-electron chi connectivity index (χ1n) is 11.2. The molecule has 0 spiro atoms. The lowest BCUT2D eigenvalue weighted by molar-refractivity contribution is 0.127. The van der Waals surface area contributed by atoms with E-state index in [0.29, 0.717) is 5.02 Å². The molecule has 4 nitrogen and oxygen atoms in total. The molecule has 33 heavy (non-hydrogen) atoms. The second-order valence-electron chi connectivity index (χ2n) is 8.58. The first-order chi connectivity index (χ1) is 16.1. The Labute approximate surface area is 198 Å². The molecule has 1 aliphatic heterocycles. The zero-order valence-corrected chi connectivity index (χ0v) is 19.3. The summed E-state index contributed by atoms with van der Waals surface area (Å²) in [5.41, 5.74) is 6.42. The highest BCUT2D eigenvalue weighted by atomic mass is 35.5. The highest BCUT2D eigenvalue weighted by Crippen LogP contribution is 2.36. The van der Waals surface area contributed by atoms with Crippen LogP contribution in [0.1, 0.15) is 17.2 Å². The number of rotatable bonds is 5. The molecule has 0 radical (unpaired) electrons. The molecule has 5 rings (SSSR count). The molecule has 1 fully saturated rings. The van der Waals surface area contributed by atoms with Crippen LogP contribution in [0, 0.1) is 5.82 Å². The van der Waals surface area contributed by atoms with E-state index in [1.54, 1.807) is 0 Å². The summed E-state index contributed by atoms with van der Waals surface area (Å²) < 4.78 is 13.3. The second kappa shape index (κ2) is 9.48. The van der Waals surface area contributed by atoms with E-state index in [1.165, 1.54) is 17.7 Å². The van der Waals surface area contributed by atoms with E-state index >= 15 is 0 Å². The molecule has 1 saturated heterocycles. The number of nitrogens with zero attached hydrogens (tertiary/aromatic N) is 3. The van der Waals surface area contributed by atoms with Crippen LogP contribution in [0.3, 0.4) is 0 Å². The summed E-state index contributed by atoms with van der Waals surface area (Å²) in [7, 11) is 2.17. The molecule has 0 saturated carbocycles. The van der Waals surface area contributed by atoms with Crippen LogP contribution >= 0.6 is 11.6 Å². The number of hydrogen-bond donors (Lipinski definition) is 1. The summed E-state index contributed by atoms with van der Waals surface area (Å²) in [4.78, 5) is 4.88. The number of aromatic amines is 1. The van der Waals surface area contributed by atoms with Crippen LogP contribution in [0.4, 0.5) is 4.39 Å². The van der Waals surface area contributed by atoms with Crippen molar-refractivity contribution >= 4 is 11.6 Å². The maximum absolute atomic E-state index is 13.3. The number of H-pyrrole nitrogens is 1. The minimum Gasteiger partial charge on any atom is -0.304 e. The Morgan fingerprint density at radius 2 is 1.55 bits per heavy atom. The minimum absolute atomic E-state index is 0.0636. The predicted octanol–water partition coefficient (Wildman–Crippen LogP) is 5.87. The van der Waals surface area contributed by atoms with Gasteiger partial charge in [-0.1, -0.05) is 60.1 Å². The van der Waals surface area contributed by atoms with Crippen molar-refractivity contribution in [1.82, 2.24) is 20.0 Å². The summed E-state index contributed by atoms with van der Waals surface area (Å²) in [6.45, 7) is 3.99. The fraction of sp³-hybridized carbons (Fsp3) is 0.222. The van der Waals surface area contributed by atoms with Gasteiger partial charge in [0.1, 0.15) is 5.82 Å². The molecule has 168 valence electrons. The standard InChI is InChI=1S/C27H26ClFN4/c1-32-13-15-33(16-14-32)27(25-18-30-31-26(25)22-3-2-4-23(28)17-22)21-7-5-19(6-8-21)20-9-11-24(29)12-10-20/h2-12,17-18,27H,13-16H2,1H3,(H,30,31). The maximum Gasteiger partial charge on any atom is 0.123 e. The maximum atomic E-state index is 13.3. The van der Waals surface area contributed by atoms with E-state index in [2.05, 4.69) is 57.4 Å². The van der Waals surface area contributed by atoms with Gasteiger partial charge in [-0.25, -0.2) is 4.39 Å². The molecule has 0 bridgehead atoms. The van der Waals surface area contributed by atoms with Gasteiger partial charge in [0.15, 0.2) is 0 Å². The summed E-state index contributed by atoms with van der Waals surface area (Å²) in [6, 6.07) is 23.1. The van der Waals surface area contributed by atoms with E-state index in [4.69, 9.17) is 11.6 Å². The predicted molar refractivity (Wildman–Crippen MR) is 132 cm³/mol. The molecule has 4 aromatic rings. The van der Waals surface area contributed by atoms with E-state index in [0.717, 1.165) is 54.1 Å². The molecule has 3 aromatic carbocycles. The van der Waals surface area contributed by atoms with Crippen LogP contribution in [0.2, 0.25) is 5.02 Å². The van der Waals surface area contributed by atoms with Crippen LogP contribution in [0.25, 0.3) is 22.4 Å². The van der Waals surface area contributed by atoms with Gasteiger partial charge in [-0.2, -0.15) is 5.10 Å². The van der Waals surface area contributed by atoms with Crippen molar-refractivity contribution in [1.29, 1.82) is 0 Å². The smallest absolute Gasteiger partial charge is 0.123 e. The van der Waals surface area contributed by atoms with Gasteiger partial charge in [-0.15, -0.1) is 0 Å². The molecule has 2 heterocycles. The molecule has 1 N–H and O–H groups in total. The van der Waals surface area contributed by atoms with Crippen molar-refractivity contribution in [3.8, 4) is 22.4 Å². The number of piperazine rings is 1. The number of likely N-dealkylation sites (N-methyl/N-ethyl adjacent to an activating group) is 1. The van der Waals surface area contributed by atoms with Gasteiger partial charge in [0, 0.05) is 42.3 Å². The Balaban J connectivity index is 1.54. The molecule has 0 aliphatic carbocycles. The Morgan fingerprint density at radius 3 is 2.21 bits per heavy atom. The topological polar surface area (TPSA) is 35.2 Å². The number of halogens is 2. The molecular weight excluding hydrogens is 435 g/mol. The lowest BCUT2D eigenvalue weighted by atomic mass is 9.93. The second-order valence-corrected chi connectivity index (χ2v) is 9.02. The van der Waals surface area contributed by atoms with Crippen molar-refractivity contribution in [2.45, 2.75) is 6.04 Å². The third-order valence-electron chi connectivity index (χ3n) is 6.38. The normalized spacial score (nSPS) is 16.1. The van der Waals surface area contributed by atoms with Gasteiger partial charge in [-0.05, 0) is 48.0 Å². The van der Waals surface area contributed by atoms with Crippen LogP contribution < -0.4 is 0 Å². The highest BCUT2D eigenvalue weighted by Gasteiger charge is 2.28. The van der Waals surface area contributed by atoms with E-state index in [-0.39, 0.29) is 11.9 Å². The fourth-order valence-electron chi connectivity index (χ4n) is 4.55. The van der Waals surface area contributed by atoms with E-state index < -0.39 is 0 Å². The average Bonchev–Trinajstić information content (AvgIpc) is 3.31. The number of aromatic nitrogens is 2. The number of nitrogens with one attached hydrogen (secondary N) is 1. The number of hydrogen-bond acceptors (Lipinski definition) is 3. The zero-order chi connectivity index (χ0) is 22.8. The molecule has 1 atom stereocenters. The molecule has 1 aliphatic rings. The Hall–Kier alpha value is -2.99. The van der Waals surface area contributed by atoms with Crippen LogP contribution in [-0.2, 0) is 0 Å². The third-order valence-corrected chi connectivity index (χ3v) is 6.62. The monoisotopic (exact) mass is 460 g/mol. The number of benzene rings is 3. The first-order valence-corrected chi connectivity index (χ1v) is 11.5. The highest BCUT2D eigenvalue weighted by molar-refractivity contribution is 6.30. The quantitative estimate of drug-likeness (QED) is 0.404. The van der Waals surface area contributed by atoms with Crippen molar-refractivity contribution in [2.24, 2.45) is 0 Å². The average molecular weight is 461 g/mol. The van der Waals surface area contributed by atoms with Crippen molar-refractivity contribution < 1.29 is 4.39 Å². The zero-order valence-electron chi connectivity index (χ0n) is 18.5.